The molecule has 0 unspecified atom stereocenters. The number of carbonyl (C=O) groups excluding carboxylic acids is 1. The first-order chi connectivity index (χ1) is 11.7. The highest BCUT2D eigenvalue weighted by Gasteiger charge is 2.07. The van der Waals surface area contributed by atoms with Gasteiger partial charge in [0.15, 0.2) is 4.34 Å². The summed E-state index contributed by atoms with van der Waals surface area (Å²) >= 11 is 3.14. The number of thioether (sulfide) groups is 1. The topological polar surface area (TPSA) is 60.5 Å². The maximum atomic E-state index is 11.8. The zero-order valence-corrected chi connectivity index (χ0v) is 15.2. The van der Waals surface area contributed by atoms with Crippen molar-refractivity contribution in [2.45, 2.75) is 23.6 Å². The molecule has 2 rings (SSSR count). The van der Waals surface area contributed by atoms with Gasteiger partial charge in [0.05, 0.1) is 29.4 Å². The molecule has 1 aromatic heterocycles. The second kappa shape index (κ2) is 10.3. The van der Waals surface area contributed by atoms with Gasteiger partial charge >= 0.3 is 0 Å². The zero-order chi connectivity index (χ0) is 17.2. The van der Waals surface area contributed by atoms with E-state index in [4.69, 9.17) is 15.9 Å². The van der Waals surface area contributed by atoms with Gasteiger partial charge in [-0.2, -0.15) is 0 Å². The second-order valence-electron chi connectivity index (χ2n) is 4.93. The number of nitrogens with zero attached hydrogens (tertiary/aromatic N) is 1. The Labute approximate surface area is 150 Å². The summed E-state index contributed by atoms with van der Waals surface area (Å²) in [6.07, 6.45) is 6.94. The molecule has 1 aromatic carbocycles. The predicted octanol–water partition coefficient (Wildman–Crippen LogP) is 3.75. The highest BCUT2D eigenvalue weighted by atomic mass is 32.2. The first kappa shape index (κ1) is 18.7. The third kappa shape index (κ3) is 6.13. The van der Waals surface area contributed by atoms with Crippen LogP contribution in [0.15, 0.2) is 22.5 Å². The zero-order valence-electron chi connectivity index (χ0n) is 13.5. The van der Waals surface area contributed by atoms with E-state index in [-0.39, 0.29) is 5.91 Å². The van der Waals surface area contributed by atoms with Crippen LogP contribution in [0.25, 0.3) is 10.2 Å². The van der Waals surface area contributed by atoms with Crippen molar-refractivity contribution < 1.29 is 14.3 Å². The number of terminal acetylenes is 1. The third-order valence-electron chi connectivity index (χ3n) is 3.08. The number of fused-ring (bicyclic) bond motifs is 1. The number of benzene rings is 1. The number of carbonyl (C=O) groups is 1. The van der Waals surface area contributed by atoms with E-state index in [2.05, 4.69) is 16.2 Å². The largest absolute Gasteiger partial charge is 0.382 e. The van der Waals surface area contributed by atoms with Crippen LogP contribution in [0.5, 0.6) is 0 Å². The van der Waals surface area contributed by atoms with E-state index in [1.165, 1.54) is 0 Å². The lowest BCUT2D eigenvalue weighted by atomic mass is 10.2. The van der Waals surface area contributed by atoms with E-state index in [9.17, 15) is 4.79 Å². The highest BCUT2D eigenvalue weighted by Crippen LogP contribution is 2.31. The van der Waals surface area contributed by atoms with Crippen LogP contribution in [0.2, 0.25) is 0 Å². The van der Waals surface area contributed by atoms with Gasteiger partial charge in [0, 0.05) is 25.6 Å². The van der Waals surface area contributed by atoms with Crippen molar-refractivity contribution in [3.05, 3.63) is 18.2 Å². The molecule has 0 fully saturated rings. The summed E-state index contributed by atoms with van der Waals surface area (Å²) in [5.41, 5.74) is 1.70. The number of hydrogen-bond acceptors (Lipinski definition) is 6. The Morgan fingerprint density at radius 2 is 2.33 bits per heavy atom. The summed E-state index contributed by atoms with van der Waals surface area (Å²) in [5.74, 6) is 3.06. The van der Waals surface area contributed by atoms with Crippen LogP contribution in [-0.2, 0) is 14.3 Å². The smallest absolute Gasteiger partial charge is 0.224 e. The Morgan fingerprint density at radius 1 is 1.46 bits per heavy atom. The fraction of sp³-hybridized carbons (Fsp3) is 0.412. The third-order valence-corrected chi connectivity index (χ3v) is 5.11. The van der Waals surface area contributed by atoms with Gasteiger partial charge in [0.25, 0.3) is 0 Å². The summed E-state index contributed by atoms with van der Waals surface area (Å²) < 4.78 is 12.3. The number of unbranched alkanes of at least 4 members (excludes halogenated alkanes) is 1. The number of aromatic nitrogens is 1. The van der Waals surface area contributed by atoms with Crippen molar-refractivity contribution >= 4 is 44.9 Å². The molecule has 0 radical (unpaired) electrons. The molecule has 128 valence electrons. The normalized spacial score (nSPS) is 10.7. The van der Waals surface area contributed by atoms with Crippen molar-refractivity contribution in [1.29, 1.82) is 0 Å². The maximum Gasteiger partial charge on any atom is 0.224 e. The number of ether oxygens (including phenoxy) is 2. The molecule has 0 aliphatic rings. The van der Waals surface area contributed by atoms with Crippen LogP contribution < -0.4 is 5.32 Å². The van der Waals surface area contributed by atoms with Crippen LogP contribution in [0.1, 0.15) is 19.3 Å². The van der Waals surface area contributed by atoms with E-state index in [0.29, 0.717) is 38.4 Å². The lowest BCUT2D eigenvalue weighted by Gasteiger charge is -2.04. The average Bonchev–Trinajstić information content (AvgIpc) is 2.97. The monoisotopic (exact) mass is 364 g/mol. The number of thiazole rings is 1. The second-order valence-corrected chi connectivity index (χ2v) is 7.13. The molecule has 24 heavy (non-hydrogen) atoms. The molecule has 0 saturated heterocycles. The number of nitrogens with one attached hydrogen (secondary N) is 1. The van der Waals surface area contributed by atoms with E-state index in [1.54, 1.807) is 30.2 Å². The molecule has 0 aliphatic heterocycles. The van der Waals surface area contributed by atoms with Gasteiger partial charge in [-0.1, -0.05) is 11.8 Å². The van der Waals surface area contributed by atoms with Crippen LogP contribution in [0.3, 0.4) is 0 Å². The fourth-order valence-electron chi connectivity index (χ4n) is 1.91. The van der Waals surface area contributed by atoms with Gasteiger partial charge in [-0.3, -0.25) is 4.79 Å². The van der Waals surface area contributed by atoms with E-state index < -0.39 is 0 Å². The molecule has 0 saturated carbocycles. The van der Waals surface area contributed by atoms with Crippen LogP contribution in [0.4, 0.5) is 5.69 Å². The summed E-state index contributed by atoms with van der Waals surface area (Å²) in [6.45, 7) is 1.16. The van der Waals surface area contributed by atoms with Gasteiger partial charge in [-0.25, -0.2) is 4.98 Å². The van der Waals surface area contributed by atoms with E-state index in [1.807, 2.05) is 18.2 Å². The average molecular weight is 364 g/mol. The molecule has 2 aromatic rings. The Hall–Kier alpha value is -1.59. The molecule has 1 N–H and O–H groups in total. The Kier molecular flexibility index (Phi) is 8.05. The van der Waals surface area contributed by atoms with Crippen molar-refractivity contribution in [1.82, 2.24) is 4.98 Å². The van der Waals surface area contributed by atoms with Crippen LogP contribution >= 0.6 is 23.1 Å². The van der Waals surface area contributed by atoms with E-state index in [0.717, 1.165) is 20.2 Å². The molecular formula is C17H20N2O3S2. The van der Waals surface area contributed by atoms with Gasteiger partial charge < -0.3 is 14.8 Å². The van der Waals surface area contributed by atoms with Gasteiger partial charge in [0.2, 0.25) is 5.91 Å². The number of methoxy groups -OCH3 is 1. The van der Waals surface area contributed by atoms with Crippen molar-refractivity contribution in [3.63, 3.8) is 0 Å². The molecule has 1 heterocycles. The minimum Gasteiger partial charge on any atom is -0.382 e. The lowest BCUT2D eigenvalue weighted by molar-refractivity contribution is -0.116. The SMILES string of the molecule is C#CCCCC(=O)Nc1ccc2nc(SCOCCOC)sc2c1. The minimum atomic E-state index is -0.0183. The number of amides is 1. The highest BCUT2D eigenvalue weighted by molar-refractivity contribution is 8.01. The summed E-state index contributed by atoms with van der Waals surface area (Å²) in [5, 5.41) is 2.89. The molecule has 0 aliphatic carbocycles. The predicted molar refractivity (Wildman–Crippen MR) is 99.5 cm³/mol. The summed E-state index contributed by atoms with van der Waals surface area (Å²) in [7, 11) is 1.65. The first-order valence-corrected chi connectivity index (χ1v) is 9.36. The summed E-state index contributed by atoms with van der Waals surface area (Å²) in [6, 6.07) is 5.73. The number of hydrogen-bond donors (Lipinski definition) is 1. The Balaban J connectivity index is 1.88. The van der Waals surface area contributed by atoms with Crippen molar-refractivity contribution in [2.75, 3.05) is 31.6 Å². The summed E-state index contributed by atoms with van der Waals surface area (Å²) in [4.78, 5) is 16.4. The van der Waals surface area contributed by atoms with Gasteiger partial charge in [-0.05, 0) is 24.6 Å². The van der Waals surface area contributed by atoms with Crippen LogP contribution in [-0.4, -0.2) is 37.2 Å². The Bertz CT molecular complexity index is 709. The standard InChI is InChI=1S/C17H20N2O3S2/c1-3-4-5-6-16(20)18-13-7-8-14-15(11-13)24-17(19-14)23-12-22-10-9-21-2/h1,7-8,11H,4-6,9-10,12H2,2H3,(H,18,20). The lowest BCUT2D eigenvalue weighted by Crippen LogP contribution is -2.10. The first-order valence-electron chi connectivity index (χ1n) is 7.56. The minimum absolute atomic E-state index is 0.0183. The van der Waals surface area contributed by atoms with E-state index >= 15 is 0 Å². The fourth-order valence-corrected chi connectivity index (χ4v) is 3.76. The van der Waals surface area contributed by atoms with Crippen molar-refractivity contribution in [2.24, 2.45) is 0 Å². The molecule has 0 bridgehead atoms. The number of anilines is 1. The molecule has 7 heteroatoms. The van der Waals surface area contributed by atoms with Gasteiger partial charge in [0.1, 0.15) is 0 Å². The molecule has 0 atom stereocenters. The molecular weight excluding hydrogens is 344 g/mol. The maximum absolute atomic E-state index is 11.8. The quantitative estimate of drug-likeness (QED) is 0.301. The Morgan fingerprint density at radius 3 is 3.12 bits per heavy atom. The number of rotatable bonds is 10. The van der Waals surface area contributed by atoms with Gasteiger partial charge in [-0.15, -0.1) is 23.7 Å². The van der Waals surface area contributed by atoms with Crippen molar-refractivity contribution in [3.8, 4) is 12.3 Å². The molecule has 0 spiro atoms. The molecule has 5 nitrogen and oxygen atoms in total. The van der Waals surface area contributed by atoms with Crippen LogP contribution in [0, 0.1) is 12.3 Å². The molecule has 1 amide bonds.